The van der Waals surface area contributed by atoms with Crippen LogP contribution in [0.1, 0.15) is 33.4 Å². The Hall–Kier alpha value is -0.909. The maximum Gasteiger partial charge on any atom is 0.0998 e. The van der Waals surface area contributed by atoms with Crippen LogP contribution in [-0.2, 0) is 0 Å². The summed E-state index contributed by atoms with van der Waals surface area (Å²) in [5.74, 6) is 0. The molecule has 0 aliphatic rings. The van der Waals surface area contributed by atoms with E-state index in [0.717, 1.165) is 8.55 Å². The monoisotopic (exact) mass is 337 g/mol. The molecule has 0 spiro atoms. The summed E-state index contributed by atoms with van der Waals surface area (Å²) in [4.78, 5) is 0. The van der Waals surface area contributed by atoms with Crippen LogP contribution in [0, 0.1) is 41.5 Å². The van der Waals surface area contributed by atoms with Gasteiger partial charge in [-0.15, -0.1) is 0 Å². The number of hydrogen-bond donors (Lipinski definition) is 0. The third-order valence-corrected chi connectivity index (χ3v) is 16.2. The summed E-state index contributed by atoms with van der Waals surface area (Å²) in [6, 6.07) is 9.38. The second-order valence-electron chi connectivity index (χ2n) is 6.80. The number of hydrogen-bond acceptors (Lipinski definition) is 0. The van der Waals surface area contributed by atoms with Crippen LogP contribution in [0.3, 0.4) is 0 Å². The number of aryl methyl sites for hydroxylation is 6. The molecule has 0 heterocycles. The second kappa shape index (κ2) is 6.30. The van der Waals surface area contributed by atoms with Gasteiger partial charge in [-0.2, -0.15) is 0 Å². The first kappa shape index (κ1) is 17.4. The largest absolute Gasteiger partial charge is 0.0998 e. The van der Waals surface area contributed by atoms with Gasteiger partial charge in [0.25, 0.3) is 0 Å². The molecule has 2 rings (SSSR count). The zero-order valence-electron chi connectivity index (χ0n) is 14.8. The van der Waals surface area contributed by atoms with Crippen molar-refractivity contribution in [3.8, 4) is 0 Å². The van der Waals surface area contributed by atoms with Crippen molar-refractivity contribution in [3.63, 3.8) is 0 Å². The lowest BCUT2D eigenvalue weighted by molar-refractivity contribution is 1.33. The molecular weight excluding hydrogens is 312 g/mol. The molecule has 0 saturated heterocycles. The van der Waals surface area contributed by atoms with E-state index in [4.69, 9.17) is 0 Å². The minimum Gasteiger partial charge on any atom is -0.0640 e. The molecule has 3 heteroatoms. The maximum absolute atomic E-state index is 3.96. The molecule has 0 aliphatic carbocycles. The van der Waals surface area contributed by atoms with Crippen LogP contribution < -0.4 is 10.4 Å². The molecule has 0 amide bonds. The Labute approximate surface area is 142 Å². The van der Waals surface area contributed by atoms with Crippen molar-refractivity contribution in [3.05, 3.63) is 57.6 Å². The Bertz CT molecular complexity index is 613. The quantitative estimate of drug-likeness (QED) is 0.755. The van der Waals surface area contributed by atoms with Gasteiger partial charge in [0.1, 0.15) is 0 Å². The van der Waals surface area contributed by atoms with Gasteiger partial charge in [0.05, 0.1) is 7.59 Å². The highest BCUT2D eigenvalue weighted by atomic mass is 29.5. The van der Waals surface area contributed by atoms with E-state index in [-0.39, 0.29) is 0 Å². The summed E-state index contributed by atoms with van der Waals surface area (Å²) < 4.78 is 0. The Morgan fingerprint density at radius 1 is 0.682 bits per heavy atom. The average molecular weight is 338 g/mol. The van der Waals surface area contributed by atoms with Crippen LogP contribution in [0.25, 0.3) is 0 Å². The summed E-state index contributed by atoms with van der Waals surface area (Å²) in [7, 11) is 2.99. The first-order chi connectivity index (χ1) is 10.2. The molecule has 0 atom stereocenters. The summed E-state index contributed by atoms with van der Waals surface area (Å²) in [6.07, 6.45) is 0. The topological polar surface area (TPSA) is 0 Å². The molecule has 22 heavy (non-hydrogen) atoms. The van der Waals surface area contributed by atoms with Crippen molar-refractivity contribution in [1.82, 2.24) is 0 Å². The van der Waals surface area contributed by atoms with Crippen molar-refractivity contribution in [2.24, 2.45) is 0 Å². The number of rotatable bonds is 3. The summed E-state index contributed by atoms with van der Waals surface area (Å²) >= 11 is 0. The van der Waals surface area contributed by atoms with Crippen LogP contribution in [0.5, 0.6) is 0 Å². The molecule has 2 aromatic rings. The Morgan fingerprint density at radius 3 is 1.18 bits per heavy atom. The number of benzene rings is 2. The lowest BCUT2D eigenvalue weighted by Gasteiger charge is -2.34. The molecule has 0 nitrogen and oxygen atoms in total. The van der Waals surface area contributed by atoms with Crippen LogP contribution >= 0.6 is 0 Å². The minimum atomic E-state index is -1.76. The first-order valence-corrected chi connectivity index (χ1v) is 13.8. The van der Waals surface area contributed by atoms with E-state index in [1.165, 1.54) is 33.4 Å². The van der Waals surface area contributed by atoms with Gasteiger partial charge in [0.2, 0.25) is 0 Å². The zero-order valence-corrected chi connectivity index (χ0v) is 17.8. The van der Waals surface area contributed by atoms with Crippen molar-refractivity contribution in [1.29, 1.82) is 0 Å². The molecule has 0 aromatic heterocycles. The molecule has 0 saturated carbocycles. The third-order valence-electron chi connectivity index (χ3n) is 4.60. The fourth-order valence-corrected chi connectivity index (χ4v) is 13.5. The van der Waals surface area contributed by atoms with E-state index in [0.29, 0.717) is 0 Å². The van der Waals surface area contributed by atoms with Crippen molar-refractivity contribution >= 4 is 36.3 Å². The summed E-state index contributed by atoms with van der Waals surface area (Å²) in [6.45, 7) is 16.0. The van der Waals surface area contributed by atoms with E-state index < -0.39 is 7.59 Å². The summed E-state index contributed by atoms with van der Waals surface area (Å²) in [5, 5.41) is 3.22. The average Bonchev–Trinajstić information content (AvgIpc) is 2.35. The predicted molar refractivity (Wildman–Crippen MR) is 104 cm³/mol. The highest BCUT2D eigenvalue weighted by Gasteiger charge is 2.35. The van der Waals surface area contributed by atoms with Gasteiger partial charge in [-0.05, 0) is 41.5 Å². The molecule has 0 N–H and O–H groups in total. The van der Waals surface area contributed by atoms with Crippen molar-refractivity contribution in [2.75, 3.05) is 0 Å². The third kappa shape index (κ3) is 2.94. The van der Waals surface area contributed by atoms with Crippen LogP contribution in [0.15, 0.2) is 24.3 Å². The molecule has 0 fully saturated rings. The van der Waals surface area contributed by atoms with Gasteiger partial charge in [-0.1, -0.05) is 74.6 Å². The smallest absolute Gasteiger partial charge is 0.0640 e. The van der Waals surface area contributed by atoms with Gasteiger partial charge >= 0.3 is 0 Å². The van der Waals surface area contributed by atoms with E-state index in [1.54, 1.807) is 10.4 Å². The normalized spacial score (nSPS) is 11.8. The molecule has 113 valence electrons. The molecule has 5 radical (unpaired) electrons. The van der Waals surface area contributed by atoms with E-state index in [2.05, 4.69) is 82.1 Å². The Kier molecular flexibility index (Phi) is 5.00. The van der Waals surface area contributed by atoms with Crippen molar-refractivity contribution in [2.45, 2.75) is 48.1 Å². The van der Waals surface area contributed by atoms with Crippen LogP contribution in [-0.4, -0.2) is 25.9 Å². The Balaban J connectivity index is 2.80. The van der Waals surface area contributed by atoms with Gasteiger partial charge in [0.15, 0.2) is 0 Å². The van der Waals surface area contributed by atoms with E-state index >= 15 is 0 Å². The van der Waals surface area contributed by atoms with Crippen molar-refractivity contribution < 1.29 is 0 Å². The Morgan fingerprint density at radius 2 is 0.955 bits per heavy atom. The van der Waals surface area contributed by atoms with Gasteiger partial charge in [-0.25, -0.2) is 0 Å². The van der Waals surface area contributed by atoms with E-state index in [9.17, 15) is 0 Å². The summed E-state index contributed by atoms with van der Waals surface area (Å²) in [5.41, 5.74) is 8.55. The van der Waals surface area contributed by atoms with Crippen LogP contribution in [0.4, 0.5) is 0 Å². The minimum absolute atomic E-state index is 0.780. The maximum atomic E-state index is 3.96. The second-order valence-corrected chi connectivity index (χ2v) is 16.3. The van der Waals surface area contributed by atoms with Gasteiger partial charge in [0, 0.05) is 18.3 Å². The fraction of sp³-hybridized carbons (Fsp3) is 0.368. The fourth-order valence-electron chi connectivity index (χ4n) is 4.19. The van der Waals surface area contributed by atoms with Gasteiger partial charge < -0.3 is 0 Å². The molecule has 2 aromatic carbocycles. The first-order valence-electron chi connectivity index (χ1n) is 7.81. The standard InChI is InChI=1S/C19H25Si3/c1-12-8-14(3)18(15(4)9-12)22(7,21-20)19-16(5)10-13(2)11-17(19)6/h8-11H,1-7H3. The molecule has 0 aliphatic heterocycles. The highest BCUT2D eigenvalue weighted by molar-refractivity contribution is 7.49. The lowest BCUT2D eigenvalue weighted by atomic mass is 10.1. The lowest BCUT2D eigenvalue weighted by Crippen LogP contribution is -2.64. The SMILES string of the molecule is Cc1cc(C)c([Si](C)([Si][Si])c2c(C)cc(C)cc2C)c(C)c1. The predicted octanol–water partition coefficient (Wildman–Crippen LogP) is 3.01. The zero-order chi connectivity index (χ0) is 16.7. The molecule has 0 unspecified atom stereocenters. The molecule has 0 bridgehead atoms. The van der Waals surface area contributed by atoms with E-state index in [1.807, 2.05) is 0 Å². The van der Waals surface area contributed by atoms with Gasteiger partial charge in [-0.3, -0.25) is 0 Å². The highest BCUT2D eigenvalue weighted by Crippen LogP contribution is 2.17. The molecular formula is C19H25Si3. The van der Waals surface area contributed by atoms with Crippen LogP contribution in [0.2, 0.25) is 6.55 Å².